The van der Waals surface area contributed by atoms with E-state index in [0.717, 1.165) is 0 Å². The molecule has 0 bridgehead atoms. The van der Waals surface area contributed by atoms with Gasteiger partial charge in [0.25, 0.3) is 0 Å². The Hall–Kier alpha value is -2.01. The predicted molar refractivity (Wildman–Crippen MR) is 74.9 cm³/mol. The quantitative estimate of drug-likeness (QED) is 0.629. The fraction of sp³-hybridized carbons (Fsp3) is 0.133. The molecule has 0 N–H and O–H groups in total. The molecule has 0 aromatic heterocycles. The van der Waals surface area contributed by atoms with Crippen LogP contribution in [0.2, 0.25) is 0 Å². The summed E-state index contributed by atoms with van der Waals surface area (Å²) < 4.78 is 33.3. The summed E-state index contributed by atoms with van der Waals surface area (Å²) in [5.41, 5.74) is 1.78. The highest BCUT2D eigenvalue weighted by Gasteiger charge is 2.10. The Labute approximate surface area is 117 Å². The number of aryl methyl sites for hydroxylation is 1. The third-order valence-corrected chi connectivity index (χ3v) is 3.58. The van der Waals surface area contributed by atoms with Gasteiger partial charge in [-0.25, -0.2) is 0 Å². The lowest BCUT2D eigenvalue weighted by atomic mass is 10.0. The average Bonchev–Trinajstić information content (AvgIpc) is 2.45. The Morgan fingerprint density at radius 3 is 2.00 bits per heavy atom. The first kappa shape index (κ1) is 14.4. The van der Waals surface area contributed by atoms with E-state index in [1.807, 2.05) is 6.07 Å². The molecule has 0 aliphatic heterocycles. The van der Waals surface area contributed by atoms with Gasteiger partial charge in [-0.15, -0.1) is 3.89 Å². The number of benzene rings is 2. The van der Waals surface area contributed by atoms with E-state index in [-0.39, 0.29) is 12.2 Å². The molecule has 0 unspecified atom stereocenters. The molecule has 2 aromatic carbocycles. The summed E-state index contributed by atoms with van der Waals surface area (Å²) in [4.78, 5) is 12.1. The van der Waals surface area contributed by atoms with Crippen molar-refractivity contribution in [1.82, 2.24) is 0 Å². The maximum atomic E-state index is 12.4. The normalized spacial score (nSPS) is 11.2. The van der Waals surface area contributed by atoms with E-state index in [4.69, 9.17) is 0 Å². The molecule has 5 heteroatoms. The molecule has 0 heterocycles. The zero-order valence-corrected chi connectivity index (χ0v) is 11.4. The predicted octanol–water partition coefficient (Wildman–Crippen LogP) is 2.76. The van der Waals surface area contributed by atoms with Crippen LogP contribution in [-0.2, 0) is 16.6 Å². The Bertz CT molecular complexity index is 692. The van der Waals surface area contributed by atoms with Crippen LogP contribution in [0, 0.1) is 0 Å². The van der Waals surface area contributed by atoms with Gasteiger partial charge in [0, 0.05) is 11.1 Å². The molecule has 0 saturated carbocycles. The molecule has 0 aliphatic rings. The second kappa shape index (κ2) is 5.96. The Balaban J connectivity index is 2.11. The van der Waals surface area contributed by atoms with E-state index in [1.54, 1.807) is 48.5 Å². The van der Waals surface area contributed by atoms with E-state index >= 15 is 0 Å². The highest BCUT2D eigenvalue weighted by Crippen LogP contribution is 2.12. The first-order valence-electron chi connectivity index (χ1n) is 6.07. The van der Waals surface area contributed by atoms with E-state index in [2.05, 4.69) is 0 Å². The lowest BCUT2D eigenvalue weighted by Gasteiger charge is -2.03. The third-order valence-electron chi connectivity index (χ3n) is 2.89. The molecule has 0 spiro atoms. The minimum absolute atomic E-state index is 0.0959. The first-order valence-corrected chi connectivity index (χ1v) is 7.62. The summed E-state index contributed by atoms with van der Waals surface area (Å²) in [7, 11) is -4.46. The highest BCUT2D eigenvalue weighted by atomic mass is 32.3. The number of carbonyl (C=O) groups excluding carboxylic acids is 1. The first-order chi connectivity index (χ1) is 9.46. The highest BCUT2D eigenvalue weighted by molar-refractivity contribution is 7.86. The van der Waals surface area contributed by atoms with Crippen LogP contribution in [0.25, 0.3) is 0 Å². The fourth-order valence-corrected chi connectivity index (χ4v) is 2.30. The van der Waals surface area contributed by atoms with Gasteiger partial charge in [0.1, 0.15) is 0 Å². The second-order valence-electron chi connectivity index (χ2n) is 4.39. The van der Waals surface area contributed by atoms with E-state index in [0.29, 0.717) is 16.7 Å². The lowest BCUT2D eigenvalue weighted by Crippen LogP contribution is -2.04. The van der Waals surface area contributed by atoms with Gasteiger partial charge < -0.3 is 0 Å². The number of ketones is 1. The van der Waals surface area contributed by atoms with Crippen LogP contribution >= 0.6 is 0 Å². The number of hydrogen-bond donors (Lipinski definition) is 0. The fourth-order valence-electron chi connectivity index (χ4n) is 1.82. The summed E-state index contributed by atoms with van der Waals surface area (Å²) in [5, 5.41) is 0. The van der Waals surface area contributed by atoms with Crippen molar-refractivity contribution < 1.29 is 17.1 Å². The number of hydrogen-bond acceptors (Lipinski definition) is 3. The van der Waals surface area contributed by atoms with Gasteiger partial charge >= 0.3 is 10.2 Å². The van der Waals surface area contributed by atoms with Crippen LogP contribution in [0.1, 0.15) is 21.5 Å². The van der Waals surface area contributed by atoms with E-state index in [9.17, 15) is 17.1 Å². The van der Waals surface area contributed by atoms with Gasteiger partial charge in [-0.05, 0) is 12.0 Å². The van der Waals surface area contributed by atoms with E-state index < -0.39 is 16.0 Å². The maximum absolute atomic E-state index is 12.4. The van der Waals surface area contributed by atoms with Gasteiger partial charge in [0.2, 0.25) is 0 Å². The number of carbonyl (C=O) groups is 1. The van der Waals surface area contributed by atoms with Crippen molar-refractivity contribution >= 4 is 16.0 Å². The van der Waals surface area contributed by atoms with Crippen molar-refractivity contribution in [3.8, 4) is 0 Å². The lowest BCUT2D eigenvalue weighted by molar-refractivity contribution is 0.103. The SMILES string of the molecule is O=C(c1ccccc1)c1ccc(CCS(=O)(=O)F)cc1. The molecule has 2 aromatic rings. The summed E-state index contributed by atoms with van der Waals surface area (Å²) in [6, 6.07) is 15.4. The van der Waals surface area contributed by atoms with Crippen molar-refractivity contribution in [1.29, 1.82) is 0 Å². The monoisotopic (exact) mass is 292 g/mol. The average molecular weight is 292 g/mol. The standard InChI is InChI=1S/C15H13FO3S/c16-20(18,19)11-10-12-6-8-14(9-7-12)15(17)13-4-2-1-3-5-13/h1-9H,10-11H2. The molecule has 3 nitrogen and oxygen atoms in total. The van der Waals surface area contributed by atoms with Gasteiger partial charge in [-0.1, -0.05) is 54.6 Å². The molecular weight excluding hydrogens is 279 g/mol. The second-order valence-corrected chi connectivity index (χ2v) is 5.87. The van der Waals surface area contributed by atoms with Crippen LogP contribution in [0.15, 0.2) is 54.6 Å². The van der Waals surface area contributed by atoms with Gasteiger partial charge in [0.05, 0.1) is 5.75 Å². The molecule has 0 fully saturated rings. The number of halogens is 1. The molecule has 0 aliphatic carbocycles. The van der Waals surface area contributed by atoms with E-state index in [1.165, 1.54) is 0 Å². The maximum Gasteiger partial charge on any atom is 0.302 e. The molecule has 20 heavy (non-hydrogen) atoms. The minimum atomic E-state index is -4.46. The summed E-state index contributed by atoms with van der Waals surface area (Å²) in [6.45, 7) is 0. The zero-order chi connectivity index (χ0) is 14.6. The van der Waals surface area contributed by atoms with Crippen LogP contribution < -0.4 is 0 Å². The van der Waals surface area contributed by atoms with Crippen molar-refractivity contribution in [2.24, 2.45) is 0 Å². The molecule has 0 saturated heterocycles. The van der Waals surface area contributed by atoms with Gasteiger partial charge in [-0.3, -0.25) is 4.79 Å². The zero-order valence-electron chi connectivity index (χ0n) is 10.6. The largest absolute Gasteiger partial charge is 0.302 e. The molecular formula is C15H13FO3S. The van der Waals surface area contributed by atoms with Crippen molar-refractivity contribution in [3.63, 3.8) is 0 Å². The molecule has 2 rings (SSSR count). The summed E-state index contributed by atoms with van der Waals surface area (Å²) in [5.74, 6) is -0.644. The molecule has 0 amide bonds. The van der Waals surface area contributed by atoms with Crippen molar-refractivity contribution in [2.45, 2.75) is 6.42 Å². The van der Waals surface area contributed by atoms with Crippen molar-refractivity contribution in [2.75, 3.05) is 5.75 Å². The Morgan fingerprint density at radius 1 is 0.900 bits per heavy atom. The third kappa shape index (κ3) is 3.99. The minimum Gasteiger partial charge on any atom is -0.289 e. The van der Waals surface area contributed by atoms with Crippen LogP contribution in [0.3, 0.4) is 0 Å². The topological polar surface area (TPSA) is 51.2 Å². The molecule has 0 atom stereocenters. The van der Waals surface area contributed by atoms with Crippen LogP contribution in [-0.4, -0.2) is 20.0 Å². The molecule has 0 radical (unpaired) electrons. The van der Waals surface area contributed by atoms with Crippen LogP contribution in [0.5, 0.6) is 0 Å². The van der Waals surface area contributed by atoms with Gasteiger partial charge in [0.15, 0.2) is 5.78 Å². The Morgan fingerprint density at radius 2 is 1.45 bits per heavy atom. The number of rotatable bonds is 5. The van der Waals surface area contributed by atoms with Gasteiger partial charge in [-0.2, -0.15) is 8.42 Å². The van der Waals surface area contributed by atoms with Crippen LogP contribution in [0.4, 0.5) is 3.89 Å². The molecule has 104 valence electrons. The van der Waals surface area contributed by atoms with Crippen molar-refractivity contribution in [3.05, 3.63) is 71.3 Å². The summed E-state index contributed by atoms with van der Waals surface area (Å²) >= 11 is 0. The smallest absolute Gasteiger partial charge is 0.289 e. The Kier molecular flexibility index (Phi) is 4.29. The summed E-state index contributed by atoms with van der Waals surface area (Å²) in [6.07, 6.45) is 0.0959.